The fourth-order valence-corrected chi connectivity index (χ4v) is 3.15. The standard InChI is InChI=1S/C16H32N2O2/c1-14(12-15-6-2-3-8-18-15)17-9-5-10-19-13-16-7-4-11-20-16/h14-18H,2-13H2,1H3. The van der Waals surface area contributed by atoms with E-state index in [1.807, 2.05) is 0 Å². The van der Waals surface area contributed by atoms with E-state index in [1.54, 1.807) is 0 Å². The molecule has 2 N–H and O–H groups in total. The molecule has 0 aromatic heterocycles. The third kappa shape index (κ3) is 6.53. The van der Waals surface area contributed by atoms with Gasteiger partial charge in [-0.3, -0.25) is 0 Å². The maximum Gasteiger partial charge on any atom is 0.0809 e. The maximum atomic E-state index is 5.67. The summed E-state index contributed by atoms with van der Waals surface area (Å²) in [6, 6.07) is 1.32. The summed E-state index contributed by atoms with van der Waals surface area (Å²) >= 11 is 0. The van der Waals surface area contributed by atoms with E-state index in [-0.39, 0.29) is 0 Å². The van der Waals surface area contributed by atoms with Crippen molar-refractivity contribution in [2.24, 2.45) is 0 Å². The maximum absolute atomic E-state index is 5.67. The summed E-state index contributed by atoms with van der Waals surface area (Å²) in [6.07, 6.45) is 9.15. The van der Waals surface area contributed by atoms with E-state index in [0.29, 0.717) is 12.1 Å². The molecule has 3 atom stereocenters. The van der Waals surface area contributed by atoms with Crippen LogP contribution in [0, 0.1) is 0 Å². The lowest BCUT2D eigenvalue weighted by Crippen LogP contribution is -2.40. The first-order valence-corrected chi connectivity index (χ1v) is 8.50. The summed E-state index contributed by atoms with van der Waals surface area (Å²) in [5.41, 5.74) is 0. The normalized spacial score (nSPS) is 28.6. The molecular formula is C16H32N2O2. The number of piperidine rings is 1. The summed E-state index contributed by atoms with van der Waals surface area (Å²) < 4.78 is 11.2. The highest BCUT2D eigenvalue weighted by atomic mass is 16.5. The van der Waals surface area contributed by atoms with Crippen LogP contribution in [0.4, 0.5) is 0 Å². The zero-order valence-corrected chi connectivity index (χ0v) is 13.0. The van der Waals surface area contributed by atoms with E-state index in [2.05, 4.69) is 17.6 Å². The lowest BCUT2D eigenvalue weighted by Gasteiger charge is -2.26. The molecule has 2 saturated heterocycles. The summed E-state index contributed by atoms with van der Waals surface area (Å²) in [6.45, 7) is 7.10. The van der Waals surface area contributed by atoms with Gasteiger partial charge in [-0.2, -0.15) is 0 Å². The molecule has 3 unspecified atom stereocenters. The number of hydrogen-bond donors (Lipinski definition) is 2. The van der Waals surface area contributed by atoms with Crippen molar-refractivity contribution in [1.29, 1.82) is 0 Å². The zero-order chi connectivity index (χ0) is 14.0. The summed E-state index contributed by atoms with van der Waals surface area (Å²) in [5.74, 6) is 0. The Bertz CT molecular complexity index is 239. The highest BCUT2D eigenvalue weighted by Crippen LogP contribution is 2.12. The van der Waals surface area contributed by atoms with Gasteiger partial charge in [0.1, 0.15) is 0 Å². The molecule has 20 heavy (non-hydrogen) atoms. The Kier molecular flexibility index (Phi) is 7.88. The first-order chi connectivity index (χ1) is 9.84. The van der Waals surface area contributed by atoms with Gasteiger partial charge in [-0.15, -0.1) is 0 Å². The summed E-state index contributed by atoms with van der Waals surface area (Å²) in [5, 5.41) is 7.22. The molecule has 0 amide bonds. The van der Waals surface area contributed by atoms with E-state index in [0.717, 1.165) is 38.8 Å². The molecule has 0 aromatic carbocycles. The molecule has 2 aliphatic rings. The molecule has 0 aromatic rings. The Labute approximate surface area is 124 Å². The molecule has 4 heteroatoms. The van der Waals surface area contributed by atoms with Crippen molar-refractivity contribution in [2.75, 3.05) is 32.9 Å². The van der Waals surface area contributed by atoms with Crippen LogP contribution >= 0.6 is 0 Å². The van der Waals surface area contributed by atoms with Gasteiger partial charge in [0.05, 0.1) is 12.7 Å². The highest BCUT2D eigenvalue weighted by molar-refractivity contribution is 4.76. The quantitative estimate of drug-likeness (QED) is 0.636. The topological polar surface area (TPSA) is 42.5 Å². The van der Waals surface area contributed by atoms with Crippen molar-refractivity contribution in [3.63, 3.8) is 0 Å². The van der Waals surface area contributed by atoms with E-state index < -0.39 is 0 Å². The lowest BCUT2D eigenvalue weighted by molar-refractivity contribution is 0.0165. The van der Waals surface area contributed by atoms with Crippen LogP contribution in [0.3, 0.4) is 0 Å². The van der Waals surface area contributed by atoms with Gasteiger partial charge in [-0.05, 0) is 58.5 Å². The van der Waals surface area contributed by atoms with Gasteiger partial charge < -0.3 is 20.1 Å². The second kappa shape index (κ2) is 9.72. The Balaban J connectivity index is 1.39. The predicted octanol–water partition coefficient (Wildman–Crippen LogP) is 2.08. The van der Waals surface area contributed by atoms with Crippen LogP contribution in [0.2, 0.25) is 0 Å². The van der Waals surface area contributed by atoms with Crippen molar-refractivity contribution >= 4 is 0 Å². The minimum atomic E-state index is 0.360. The lowest BCUT2D eigenvalue weighted by atomic mass is 9.99. The highest BCUT2D eigenvalue weighted by Gasteiger charge is 2.16. The minimum absolute atomic E-state index is 0.360. The molecule has 0 radical (unpaired) electrons. The Hall–Kier alpha value is -0.160. The van der Waals surface area contributed by atoms with Gasteiger partial charge in [0.2, 0.25) is 0 Å². The van der Waals surface area contributed by atoms with Crippen molar-refractivity contribution < 1.29 is 9.47 Å². The smallest absolute Gasteiger partial charge is 0.0809 e. The third-order valence-electron chi connectivity index (χ3n) is 4.34. The van der Waals surface area contributed by atoms with Crippen molar-refractivity contribution in [3.8, 4) is 0 Å². The van der Waals surface area contributed by atoms with Gasteiger partial charge >= 0.3 is 0 Å². The van der Waals surface area contributed by atoms with Crippen LogP contribution in [0.1, 0.15) is 51.9 Å². The van der Waals surface area contributed by atoms with Crippen LogP contribution in [-0.4, -0.2) is 51.1 Å². The van der Waals surface area contributed by atoms with Gasteiger partial charge in [0.25, 0.3) is 0 Å². The van der Waals surface area contributed by atoms with Crippen LogP contribution in [-0.2, 0) is 9.47 Å². The number of rotatable bonds is 9. The Morgan fingerprint density at radius 1 is 1.30 bits per heavy atom. The molecule has 118 valence electrons. The molecule has 2 fully saturated rings. The number of hydrogen-bond acceptors (Lipinski definition) is 4. The third-order valence-corrected chi connectivity index (χ3v) is 4.34. The predicted molar refractivity (Wildman–Crippen MR) is 82.1 cm³/mol. The fourth-order valence-electron chi connectivity index (χ4n) is 3.15. The molecule has 0 aliphatic carbocycles. The van der Waals surface area contributed by atoms with E-state index >= 15 is 0 Å². The fraction of sp³-hybridized carbons (Fsp3) is 1.00. The molecule has 0 spiro atoms. The van der Waals surface area contributed by atoms with Crippen molar-refractivity contribution in [1.82, 2.24) is 10.6 Å². The van der Waals surface area contributed by atoms with Gasteiger partial charge in [0, 0.05) is 25.3 Å². The molecule has 2 heterocycles. The summed E-state index contributed by atoms with van der Waals surface area (Å²) in [7, 11) is 0. The van der Waals surface area contributed by atoms with Gasteiger partial charge in [-0.25, -0.2) is 0 Å². The molecular weight excluding hydrogens is 252 g/mol. The average molecular weight is 284 g/mol. The number of ether oxygens (including phenoxy) is 2. The minimum Gasteiger partial charge on any atom is -0.379 e. The van der Waals surface area contributed by atoms with Crippen molar-refractivity contribution in [2.45, 2.75) is 70.1 Å². The molecule has 0 saturated carbocycles. The first kappa shape index (κ1) is 16.2. The summed E-state index contributed by atoms with van der Waals surface area (Å²) in [4.78, 5) is 0. The van der Waals surface area contributed by atoms with E-state index in [4.69, 9.17) is 9.47 Å². The SMILES string of the molecule is CC(CC1CCCCN1)NCCCOCC1CCCO1. The van der Waals surface area contributed by atoms with Crippen LogP contribution < -0.4 is 10.6 Å². The Morgan fingerprint density at radius 3 is 3.00 bits per heavy atom. The number of nitrogens with one attached hydrogen (secondary N) is 2. The second-order valence-electron chi connectivity index (χ2n) is 6.30. The average Bonchev–Trinajstić information content (AvgIpc) is 2.97. The molecule has 4 nitrogen and oxygen atoms in total. The molecule has 2 rings (SSSR count). The zero-order valence-electron chi connectivity index (χ0n) is 13.0. The molecule has 2 aliphatic heterocycles. The van der Waals surface area contributed by atoms with E-state index in [1.165, 1.54) is 45.1 Å². The van der Waals surface area contributed by atoms with Crippen molar-refractivity contribution in [3.05, 3.63) is 0 Å². The van der Waals surface area contributed by atoms with Gasteiger partial charge in [0.15, 0.2) is 0 Å². The van der Waals surface area contributed by atoms with E-state index in [9.17, 15) is 0 Å². The van der Waals surface area contributed by atoms with Crippen LogP contribution in [0.25, 0.3) is 0 Å². The monoisotopic (exact) mass is 284 g/mol. The van der Waals surface area contributed by atoms with Gasteiger partial charge in [-0.1, -0.05) is 6.42 Å². The molecule has 0 bridgehead atoms. The van der Waals surface area contributed by atoms with Crippen LogP contribution in [0.5, 0.6) is 0 Å². The Morgan fingerprint density at radius 2 is 2.25 bits per heavy atom. The first-order valence-electron chi connectivity index (χ1n) is 8.50. The second-order valence-corrected chi connectivity index (χ2v) is 6.30. The van der Waals surface area contributed by atoms with Crippen LogP contribution in [0.15, 0.2) is 0 Å². The largest absolute Gasteiger partial charge is 0.379 e.